The minimum atomic E-state index is 0.259. The second-order valence-electron chi connectivity index (χ2n) is 4.91. The number of aromatic nitrogens is 2. The van der Waals surface area contributed by atoms with Gasteiger partial charge in [-0.3, -0.25) is 9.58 Å². The van der Waals surface area contributed by atoms with Crippen LogP contribution >= 0.6 is 0 Å². The van der Waals surface area contributed by atoms with Crippen LogP contribution in [-0.4, -0.2) is 47.0 Å². The summed E-state index contributed by atoms with van der Waals surface area (Å²) in [6.07, 6.45) is 5.40. The van der Waals surface area contributed by atoms with Crippen molar-refractivity contribution in [1.82, 2.24) is 14.7 Å². The van der Waals surface area contributed by atoms with Gasteiger partial charge in [0.05, 0.1) is 18.3 Å². The number of rotatable bonds is 4. The molecule has 0 aliphatic carbocycles. The topological polar surface area (TPSA) is 56.3 Å². The number of ether oxygens (including phenoxy) is 1. The van der Waals surface area contributed by atoms with Gasteiger partial charge in [-0.2, -0.15) is 5.10 Å². The Balaban J connectivity index is 2.11. The van der Waals surface area contributed by atoms with Crippen LogP contribution in [0.5, 0.6) is 0 Å². The molecule has 5 nitrogen and oxygen atoms in total. The monoisotopic (exact) mass is 252 g/mol. The van der Waals surface area contributed by atoms with Gasteiger partial charge in [0.1, 0.15) is 0 Å². The van der Waals surface area contributed by atoms with Crippen molar-refractivity contribution in [2.24, 2.45) is 5.73 Å². The highest BCUT2D eigenvalue weighted by atomic mass is 16.5. The van der Waals surface area contributed by atoms with Crippen LogP contribution < -0.4 is 5.73 Å². The molecule has 1 aromatic heterocycles. The quantitative estimate of drug-likeness (QED) is 0.869. The molecule has 1 aliphatic rings. The van der Waals surface area contributed by atoms with Gasteiger partial charge >= 0.3 is 0 Å². The van der Waals surface area contributed by atoms with Gasteiger partial charge in [0.15, 0.2) is 0 Å². The summed E-state index contributed by atoms with van der Waals surface area (Å²) < 4.78 is 7.64. The molecular formula is C13H24N4O. The molecule has 2 heterocycles. The van der Waals surface area contributed by atoms with Gasteiger partial charge in [-0.25, -0.2) is 0 Å². The largest absolute Gasteiger partial charge is 0.377 e. The Labute approximate surface area is 109 Å². The molecule has 2 atom stereocenters. The highest BCUT2D eigenvalue weighted by Gasteiger charge is 2.24. The van der Waals surface area contributed by atoms with E-state index in [1.165, 1.54) is 5.56 Å². The van der Waals surface area contributed by atoms with Crippen molar-refractivity contribution in [3.8, 4) is 0 Å². The molecule has 0 bridgehead atoms. The van der Waals surface area contributed by atoms with Crippen LogP contribution in [0, 0.1) is 0 Å². The van der Waals surface area contributed by atoms with Crippen LogP contribution in [0.3, 0.4) is 0 Å². The maximum absolute atomic E-state index is 5.96. The van der Waals surface area contributed by atoms with E-state index in [2.05, 4.69) is 30.0 Å². The fourth-order valence-corrected chi connectivity index (χ4v) is 2.53. The van der Waals surface area contributed by atoms with Crippen molar-refractivity contribution in [2.45, 2.75) is 39.0 Å². The number of nitrogens with zero attached hydrogens (tertiary/aromatic N) is 3. The number of aryl methyl sites for hydroxylation is 1. The molecule has 5 heteroatoms. The Hall–Kier alpha value is -0.910. The zero-order valence-corrected chi connectivity index (χ0v) is 11.4. The van der Waals surface area contributed by atoms with E-state index in [4.69, 9.17) is 10.5 Å². The number of hydrogen-bond acceptors (Lipinski definition) is 4. The molecule has 0 amide bonds. The highest BCUT2D eigenvalue weighted by molar-refractivity contribution is 5.11. The molecule has 0 aromatic carbocycles. The third-order valence-electron chi connectivity index (χ3n) is 3.51. The summed E-state index contributed by atoms with van der Waals surface area (Å²) in [5.74, 6) is 0. The van der Waals surface area contributed by atoms with Crippen LogP contribution in [0.15, 0.2) is 12.4 Å². The maximum Gasteiger partial charge on any atom is 0.0674 e. The number of hydrogen-bond donors (Lipinski definition) is 1. The Kier molecular flexibility index (Phi) is 4.74. The van der Waals surface area contributed by atoms with Crippen LogP contribution in [0.1, 0.15) is 31.9 Å². The summed E-state index contributed by atoms with van der Waals surface area (Å²) in [6.45, 7) is 8.59. The maximum atomic E-state index is 5.96. The summed E-state index contributed by atoms with van der Waals surface area (Å²) in [7, 11) is 0. The second kappa shape index (κ2) is 6.31. The first-order chi connectivity index (χ1) is 8.74. The number of nitrogens with two attached hydrogens (primary N) is 1. The molecule has 0 radical (unpaired) electrons. The van der Waals surface area contributed by atoms with E-state index in [-0.39, 0.29) is 12.1 Å². The normalized spacial score (nSPS) is 23.8. The predicted octanol–water partition coefficient (Wildman–Crippen LogP) is 1.01. The average molecular weight is 252 g/mol. The lowest BCUT2D eigenvalue weighted by Gasteiger charge is -2.29. The van der Waals surface area contributed by atoms with E-state index in [9.17, 15) is 0 Å². The second-order valence-corrected chi connectivity index (χ2v) is 4.91. The predicted molar refractivity (Wildman–Crippen MR) is 71.3 cm³/mol. The zero-order chi connectivity index (χ0) is 13.0. The van der Waals surface area contributed by atoms with Crippen LogP contribution in [-0.2, 0) is 11.3 Å². The van der Waals surface area contributed by atoms with Gasteiger partial charge in [0.25, 0.3) is 0 Å². The molecule has 2 N–H and O–H groups in total. The van der Waals surface area contributed by atoms with E-state index < -0.39 is 0 Å². The lowest BCUT2D eigenvalue weighted by Crippen LogP contribution is -2.37. The van der Waals surface area contributed by atoms with Crippen molar-refractivity contribution in [2.75, 3.05) is 26.2 Å². The highest BCUT2D eigenvalue weighted by Crippen LogP contribution is 2.21. The Bertz CT molecular complexity index is 366. The molecule has 1 aliphatic heterocycles. The lowest BCUT2D eigenvalue weighted by molar-refractivity contribution is 0.0612. The lowest BCUT2D eigenvalue weighted by atomic mass is 10.1. The zero-order valence-electron chi connectivity index (χ0n) is 11.4. The Morgan fingerprint density at radius 1 is 1.61 bits per heavy atom. The van der Waals surface area contributed by atoms with Crippen LogP contribution in [0.4, 0.5) is 0 Å². The molecule has 0 spiro atoms. The van der Waals surface area contributed by atoms with Gasteiger partial charge in [0, 0.05) is 44.5 Å². The minimum absolute atomic E-state index is 0.259. The van der Waals surface area contributed by atoms with Crippen LogP contribution in [0.2, 0.25) is 0 Å². The summed E-state index contributed by atoms with van der Waals surface area (Å²) in [6, 6.07) is 0.259. The van der Waals surface area contributed by atoms with Gasteiger partial charge in [-0.05, 0) is 20.3 Å². The van der Waals surface area contributed by atoms with Gasteiger partial charge in [-0.1, -0.05) is 0 Å². The van der Waals surface area contributed by atoms with Gasteiger partial charge in [0.2, 0.25) is 0 Å². The van der Waals surface area contributed by atoms with E-state index >= 15 is 0 Å². The first-order valence-electron chi connectivity index (χ1n) is 6.82. The molecule has 18 heavy (non-hydrogen) atoms. The average Bonchev–Trinajstić information content (AvgIpc) is 2.73. The molecule has 2 rings (SSSR count). The van der Waals surface area contributed by atoms with Crippen molar-refractivity contribution in [3.05, 3.63) is 18.0 Å². The van der Waals surface area contributed by atoms with Crippen molar-refractivity contribution < 1.29 is 4.74 Å². The first kappa shape index (κ1) is 13.5. The van der Waals surface area contributed by atoms with Gasteiger partial charge in [-0.15, -0.1) is 0 Å². The fourth-order valence-electron chi connectivity index (χ4n) is 2.53. The van der Waals surface area contributed by atoms with E-state index in [1.807, 2.05) is 10.9 Å². The van der Waals surface area contributed by atoms with Gasteiger partial charge < -0.3 is 10.5 Å². The molecule has 102 valence electrons. The van der Waals surface area contributed by atoms with Crippen molar-refractivity contribution >= 4 is 0 Å². The van der Waals surface area contributed by atoms with E-state index in [1.54, 1.807) is 0 Å². The summed E-state index contributed by atoms with van der Waals surface area (Å²) in [5.41, 5.74) is 7.18. The van der Waals surface area contributed by atoms with Crippen molar-refractivity contribution in [1.29, 1.82) is 0 Å². The third kappa shape index (κ3) is 3.10. The summed E-state index contributed by atoms with van der Waals surface area (Å²) in [5, 5.41) is 4.34. The smallest absolute Gasteiger partial charge is 0.0674 e. The SMILES string of the molecule is CCn1cc(C(CN)N2CCCOC(C)C2)cn1. The standard InChI is InChI=1S/C13H24N4O/c1-3-17-10-12(8-15-17)13(7-14)16-5-4-6-18-11(2)9-16/h8,10-11,13H,3-7,9,14H2,1-2H3. The molecule has 0 saturated carbocycles. The molecule has 1 saturated heterocycles. The summed E-state index contributed by atoms with van der Waals surface area (Å²) in [4.78, 5) is 2.43. The summed E-state index contributed by atoms with van der Waals surface area (Å²) >= 11 is 0. The molecular weight excluding hydrogens is 228 g/mol. The van der Waals surface area contributed by atoms with E-state index in [0.717, 1.165) is 32.7 Å². The molecule has 1 fully saturated rings. The molecule has 2 unspecified atom stereocenters. The first-order valence-corrected chi connectivity index (χ1v) is 6.82. The van der Waals surface area contributed by atoms with E-state index in [0.29, 0.717) is 6.54 Å². The molecule has 1 aromatic rings. The Morgan fingerprint density at radius 3 is 3.11 bits per heavy atom. The fraction of sp³-hybridized carbons (Fsp3) is 0.769. The minimum Gasteiger partial charge on any atom is -0.377 e. The van der Waals surface area contributed by atoms with Crippen LogP contribution in [0.25, 0.3) is 0 Å². The van der Waals surface area contributed by atoms with Crippen molar-refractivity contribution in [3.63, 3.8) is 0 Å². The third-order valence-corrected chi connectivity index (χ3v) is 3.51. The Morgan fingerprint density at radius 2 is 2.44 bits per heavy atom.